The molecular weight excluding hydrogens is 431 g/mol. The first-order valence-electron chi connectivity index (χ1n) is 9.97. The standard InChI is InChI=1S/C19H25FN4O6S/c1-12(25)24(27)11-16-10-23(19(26)30-16)15-3-4-18(17(20)5-15)21-6-13-8-22(31(2,28)29)9-14(13)7-21/h3-5,13-14,16,27H,6-11H2,1-2H3/t13-,14+,16-/m0/s1. The van der Waals surface area contributed by atoms with Crippen LogP contribution in [0.3, 0.4) is 0 Å². The molecule has 1 aromatic carbocycles. The van der Waals surface area contributed by atoms with Gasteiger partial charge in [0.25, 0.3) is 0 Å². The molecular formula is C19H25FN4O6S. The van der Waals surface area contributed by atoms with Crippen molar-refractivity contribution in [3.8, 4) is 0 Å². The summed E-state index contributed by atoms with van der Waals surface area (Å²) < 4.78 is 45.1. The normalized spacial score (nSPS) is 26.3. The fraction of sp³-hybridized carbons (Fsp3) is 0.579. The SMILES string of the molecule is CC(=O)N(O)C[C@@H]1CN(c2ccc(N3C[C@@H]4CN(S(C)(=O)=O)C[C@@H]4C3)c(F)c2)C(=O)O1. The number of amides is 2. The molecule has 0 radical (unpaired) electrons. The quantitative estimate of drug-likeness (QED) is 0.513. The Labute approximate surface area is 179 Å². The number of carbonyl (C=O) groups excluding carboxylic acids is 2. The number of ether oxygens (including phenoxy) is 1. The Kier molecular flexibility index (Phi) is 5.56. The van der Waals surface area contributed by atoms with Gasteiger partial charge < -0.3 is 9.64 Å². The Morgan fingerprint density at radius 3 is 2.42 bits per heavy atom. The third-order valence-electron chi connectivity index (χ3n) is 6.12. The van der Waals surface area contributed by atoms with Crippen LogP contribution in [0.25, 0.3) is 0 Å². The summed E-state index contributed by atoms with van der Waals surface area (Å²) in [4.78, 5) is 26.5. The summed E-state index contributed by atoms with van der Waals surface area (Å²) in [6, 6.07) is 4.49. The van der Waals surface area contributed by atoms with E-state index in [1.807, 2.05) is 4.90 Å². The number of cyclic esters (lactones) is 1. The molecule has 170 valence electrons. The van der Waals surface area contributed by atoms with Crippen LogP contribution < -0.4 is 9.80 Å². The van der Waals surface area contributed by atoms with Crippen molar-refractivity contribution in [2.24, 2.45) is 11.8 Å². The van der Waals surface area contributed by atoms with Crippen molar-refractivity contribution in [3.05, 3.63) is 24.0 Å². The van der Waals surface area contributed by atoms with E-state index in [1.54, 1.807) is 12.1 Å². The molecule has 0 spiro atoms. The van der Waals surface area contributed by atoms with Gasteiger partial charge in [-0.05, 0) is 30.0 Å². The van der Waals surface area contributed by atoms with Crippen molar-refractivity contribution < 1.29 is 32.3 Å². The van der Waals surface area contributed by atoms with Gasteiger partial charge in [-0.25, -0.2) is 27.0 Å². The predicted molar refractivity (Wildman–Crippen MR) is 109 cm³/mol. The summed E-state index contributed by atoms with van der Waals surface area (Å²) in [5.74, 6) is -0.738. The van der Waals surface area contributed by atoms with E-state index in [0.29, 0.717) is 42.6 Å². The molecule has 3 fully saturated rings. The van der Waals surface area contributed by atoms with Gasteiger partial charge in [0.05, 0.1) is 30.7 Å². The monoisotopic (exact) mass is 456 g/mol. The number of sulfonamides is 1. The molecule has 2 amide bonds. The molecule has 12 heteroatoms. The van der Waals surface area contributed by atoms with Crippen molar-refractivity contribution in [1.82, 2.24) is 9.37 Å². The zero-order chi connectivity index (χ0) is 22.5. The lowest BCUT2D eigenvalue weighted by atomic mass is 10.0. The van der Waals surface area contributed by atoms with Crippen molar-refractivity contribution >= 4 is 33.4 Å². The van der Waals surface area contributed by atoms with Gasteiger partial charge >= 0.3 is 6.09 Å². The Morgan fingerprint density at radius 1 is 1.23 bits per heavy atom. The largest absolute Gasteiger partial charge is 0.442 e. The number of anilines is 2. The number of hydrogen-bond acceptors (Lipinski definition) is 7. The average molecular weight is 456 g/mol. The minimum absolute atomic E-state index is 0.0805. The van der Waals surface area contributed by atoms with Crippen LogP contribution in [0.15, 0.2) is 18.2 Å². The summed E-state index contributed by atoms with van der Waals surface area (Å²) in [5, 5.41) is 10.0. The highest BCUT2D eigenvalue weighted by Gasteiger charge is 2.43. The van der Waals surface area contributed by atoms with Crippen LogP contribution in [-0.4, -0.2) is 86.6 Å². The number of rotatable bonds is 5. The highest BCUT2D eigenvalue weighted by molar-refractivity contribution is 7.88. The molecule has 1 aromatic rings. The molecule has 31 heavy (non-hydrogen) atoms. The van der Waals surface area contributed by atoms with Gasteiger partial charge in [-0.1, -0.05) is 0 Å². The third kappa shape index (κ3) is 4.32. The number of fused-ring (bicyclic) bond motifs is 1. The van der Waals surface area contributed by atoms with Crippen LogP contribution >= 0.6 is 0 Å². The maximum absolute atomic E-state index is 14.9. The molecule has 3 atom stereocenters. The van der Waals surface area contributed by atoms with Crippen LogP contribution in [0.5, 0.6) is 0 Å². The number of carbonyl (C=O) groups is 2. The van der Waals surface area contributed by atoms with Crippen molar-refractivity contribution in [3.63, 3.8) is 0 Å². The van der Waals surface area contributed by atoms with Crippen molar-refractivity contribution in [2.45, 2.75) is 13.0 Å². The molecule has 0 bridgehead atoms. The van der Waals surface area contributed by atoms with Crippen LogP contribution in [-0.2, 0) is 19.6 Å². The zero-order valence-corrected chi connectivity index (χ0v) is 18.1. The van der Waals surface area contributed by atoms with Gasteiger partial charge in [-0.15, -0.1) is 0 Å². The van der Waals surface area contributed by atoms with E-state index in [2.05, 4.69) is 0 Å². The van der Waals surface area contributed by atoms with E-state index in [9.17, 15) is 27.6 Å². The second kappa shape index (κ2) is 7.92. The van der Waals surface area contributed by atoms with E-state index in [-0.39, 0.29) is 24.9 Å². The van der Waals surface area contributed by atoms with E-state index in [1.165, 1.54) is 28.5 Å². The number of halogens is 1. The average Bonchev–Trinajstić information content (AvgIpc) is 3.34. The molecule has 3 heterocycles. The first kappa shape index (κ1) is 21.8. The molecule has 0 unspecified atom stereocenters. The number of hydrogen-bond donors (Lipinski definition) is 1. The van der Waals surface area contributed by atoms with Crippen molar-refractivity contribution in [1.29, 1.82) is 0 Å². The van der Waals surface area contributed by atoms with Crippen LogP contribution in [0, 0.1) is 17.7 Å². The minimum Gasteiger partial charge on any atom is -0.442 e. The maximum atomic E-state index is 14.9. The van der Waals surface area contributed by atoms with Gasteiger partial charge in [0.1, 0.15) is 11.9 Å². The lowest BCUT2D eigenvalue weighted by molar-refractivity contribution is -0.166. The first-order chi connectivity index (χ1) is 14.5. The van der Waals surface area contributed by atoms with Gasteiger partial charge in [0.15, 0.2) is 0 Å². The summed E-state index contributed by atoms with van der Waals surface area (Å²) in [6.45, 7) is 3.13. The van der Waals surface area contributed by atoms with Gasteiger partial charge in [-0.2, -0.15) is 0 Å². The number of hydroxylamine groups is 2. The second-order valence-corrected chi connectivity index (χ2v) is 10.3. The predicted octanol–water partition coefficient (Wildman–Crippen LogP) is 0.716. The number of nitrogens with zero attached hydrogens (tertiary/aromatic N) is 4. The molecule has 0 aromatic heterocycles. The smallest absolute Gasteiger partial charge is 0.414 e. The second-order valence-electron chi connectivity index (χ2n) is 8.36. The summed E-state index contributed by atoms with van der Waals surface area (Å²) in [5.41, 5.74) is 0.731. The summed E-state index contributed by atoms with van der Waals surface area (Å²) in [7, 11) is -3.22. The summed E-state index contributed by atoms with van der Waals surface area (Å²) >= 11 is 0. The highest BCUT2D eigenvalue weighted by Crippen LogP contribution is 2.37. The zero-order valence-electron chi connectivity index (χ0n) is 17.3. The minimum atomic E-state index is -3.22. The Balaban J connectivity index is 1.42. The Bertz CT molecular complexity index is 991. The molecule has 0 saturated carbocycles. The molecule has 10 nitrogen and oxygen atoms in total. The molecule has 0 aliphatic carbocycles. The van der Waals surface area contributed by atoms with Gasteiger partial charge in [0, 0.05) is 33.1 Å². The van der Waals surface area contributed by atoms with E-state index < -0.39 is 33.9 Å². The van der Waals surface area contributed by atoms with E-state index in [4.69, 9.17) is 4.74 Å². The molecule has 4 rings (SSSR count). The Morgan fingerprint density at radius 2 is 1.87 bits per heavy atom. The lowest BCUT2D eigenvalue weighted by Crippen LogP contribution is -2.35. The number of benzene rings is 1. The van der Waals surface area contributed by atoms with Crippen LogP contribution in [0.2, 0.25) is 0 Å². The van der Waals surface area contributed by atoms with Crippen molar-refractivity contribution in [2.75, 3.05) is 55.3 Å². The van der Waals surface area contributed by atoms with Crippen LogP contribution in [0.4, 0.5) is 20.6 Å². The van der Waals surface area contributed by atoms with Gasteiger partial charge in [0.2, 0.25) is 15.9 Å². The van der Waals surface area contributed by atoms with Gasteiger partial charge in [-0.3, -0.25) is 14.9 Å². The Hall–Kier alpha value is -2.44. The topological polar surface area (TPSA) is 111 Å². The maximum Gasteiger partial charge on any atom is 0.414 e. The lowest BCUT2D eigenvalue weighted by Gasteiger charge is -2.23. The molecule has 3 aliphatic heterocycles. The first-order valence-corrected chi connectivity index (χ1v) is 11.8. The molecule has 3 aliphatic rings. The summed E-state index contributed by atoms with van der Waals surface area (Å²) in [6.07, 6.45) is -0.193. The van der Waals surface area contributed by atoms with Crippen LogP contribution in [0.1, 0.15) is 6.92 Å². The third-order valence-corrected chi connectivity index (χ3v) is 7.36. The fourth-order valence-corrected chi connectivity index (χ4v) is 5.41. The molecule has 1 N–H and O–H groups in total. The highest BCUT2D eigenvalue weighted by atomic mass is 32.2. The van der Waals surface area contributed by atoms with E-state index >= 15 is 0 Å². The van der Waals surface area contributed by atoms with E-state index in [0.717, 1.165) is 0 Å². The molecule has 3 saturated heterocycles. The fourth-order valence-electron chi connectivity index (χ4n) is 4.49.